The molecule has 0 saturated carbocycles. The minimum atomic E-state index is -5.00. The summed E-state index contributed by atoms with van der Waals surface area (Å²) in [4.78, 5) is 72.9. The van der Waals surface area contributed by atoms with Crippen LogP contribution in [0.2, 0.25) is 0 Å². The Kier molecular flexibility index (Phi) is 71.4. The van der Waals surface area contributed by atoms with Gasteiger partial charge in [-0.3, -0.25) is 37.3 Å². The molecule has 0 amide bonds. The zero-order valence-corrected chi connectivity index (χ0v) is 65.8. The average Bonchev–Trinajstić information content (AvgIpc) is 0.926. The molecule has 3 N–H and O–H groups in total. The number of rotatable bonds is 74. The first-order chi connectivity index (χ1) is 49.7. The molecule has 0 radical (unpaired) electrons. The highest BCUT2D eigenvalue weighted by molar-refractivity contribution is 7.47. The maximum atomic E-state index is 13.1. The van der Waals surface area contributed by atoms with Crippen molar-refractivity contribution in [1.29, 1.82) is 0 Å². The minimum absolute atomic E-state index is 0.0642. The molecule has 0 rings (SSSR count). The van der Waals surface area contributed by atoms with Gasteiger partial charge in [0.15, 0.2) is 12.2 Å². The summed E-state index contributed by atoms with van der Waals surface area (Å²) in [5.41, 5.74) is 0. The average molecular weight is 1470 g/mol. The van der Waals surface area contributed by atoms with Gasteiger partial charge in [-0.25, -0.2) is 9.13 Å². The van der Waals surface area contributed by atoms with Crippen LogP contribution in [-0.2, 0) is 65.4 Å². The fourth-order valence-corrected chi connectivity index (χ4v) is 12.0. The van der Waals surface area contributed by atoms with Crippen molar-refractivity contribution >= 4 is 39.5 Å². The summed E-state index contributed by atoms with van der Waals surface area (Å²) in [6.45, 7) is 4.52. The lowest BCUT2D eigenvalue weighted by atomic mass is 10.0. The normalized spacial score (nSPS) is 14.5. The molecule has 102 heavy (non-hydrogen) atoms. The third-order valence-corrected chi connectivity index (χ3v) is 18.4. The fraction of sp³-hybridized carbons (Fsp3) is 0.711. The number of carbonyl (C=O) groups is 4. The number of esters is 4. The first-order valence-electron chi connectivity index (χ1n) is 39.8. The second kappa shape index (κ2) is 74.7. The number of aliphatic hydroxyl groups is 1. The van der Waals surface area contributed by atoms with Crippen LogP contribution in [0, 0.1) is 0 Å². The zero-order valence-electron chi connectivity index (χ0n) is 64.0. The van der Waals surface area contributed by atoms with Crippen molar-refractivity contribution in [1.82, 2.24) is 0 Å². The number of hydrogen-bond donors (Lipinski definition) is 3. The summed E-state index contributed by atoms with van der Waals surface area (Å²) in [5.74, 6) is -2.35. The van der Waals surface area contributed by atoms with Gasteiger partial charge in [0.25, 0.3) is 0 Å². The SMILES string of the molecule is CC/C=C\C/C=C\C/C=C\C/C=C\C/C=C\CC(=O)OCC(COP(=O)(O)OCC(O)COP(=O)(O)OCC(COC(=O)CCCCCC/C=C\C/C=C\C/C=C\C/C=C\CC)OC(=O)CCCCCCCCCCCCCCCCC)OC(=O)CCCCCCC/C=C\CCCCCCCC. The highest BCUT2D eigenvalue weighted by Crippen LogP contribution is 2.45. The summed E-state index contributed by atoms with van der Waals surface area (Å²) >= 11 is 0. The van der Waals surface area contributed by atoms with E-state index >= 15 is 0 Å². The van der Waals surface area contributed by atoms with Crippen LogP contribution in [0.3, 0.4) is 0 Å². The molecule has 0 spiro atoms. The third-order valence-electron chi connectivity index (χ3n) is 16.5. The predicted octanol–water partition coefficient (Wildman–Crippen LogP) is 23.1. The Morgan fingerprint density at radius 3 is 0.882 bits per heavy atom. The molecule has 0 aliphatic carbocycles. The van der Waals surface area contributed by atoms with Crippen LogP contribution in [0.15, 0.2) is 122 Å². The topological polar surface area (TPSA) is 237 Å². The van der Waals surface area contributed by atoms with E-state index in [0.717, 1.165) is 141 Å². The second-order valence-corrected chi connectivity index (χ2v) is 29.2. The number of ether oxygens (including phenoxy) is 4. The molecule has 0 fully saturated rings. The monoisotopic (exact) mass is 1470 g/mol. The van der Waals surface area contributed by atoms with Gasteiger partial charge in [-0.15, -0.1) is 0 Å². The number of allylic oxidation sites excluding steroid dienone is 19. The Morgan fingerprint density at radius 2 is 0.549 bits per heavy atom. The molecule has 0 saturated heterocycles. The van der Waals surface area contributed by atoms with Gasteiger partial charge in [0.1, 0.15) is 19.3 Å². The number of aliphatic hydroxyl groups excluding tert-OH is 1. The van der Waals surface area contributed by atoms with E-state index < -0.39 is 97.5 Å². The molecule has 5 atom stereocenters. The quantitative estimate of drug-likeness (QED) is 0.0169. The van der Waals surface area contributed by atoms with Crippen molar-refractivity contribution in [2.45, 2.75) is 341 Å². The van der Waals surface area contributed by atoms with E-state index in [0.29, 0.717) is 25.7 Å². The highest BCUT2D eigenvalue weighted by Gasteiger charge is 2.30. The Bertz CT molecular complexity index is 2410. The summed E-state index contributed by atoms with van der Waals surface area (Å²) < 4.78 is 68.5. The summed E-state index contributed by atoms with van der Waals surface area (Å²) in [6, 6.07) is 0. The molecule has 0 aliphatic rings. The van der Waals surface area contributed by atoms with E-state index in [-0.39, 0.29) is 25.7 Å². The van der Waals surface area contributed by atoms with E-state index in [2.05, 4.69) is 125 Å². The first kappa shape index (κ1) is 97.5. The Morgan fingerprint density at radius 1 is 0.294 bits per heavy atom. The van der Waals surface area contributed by atoms with Crippen molar-refractivity contribution < 1.29 is 80.2 Å². The molecule has 0 heterocycles. The van der Waals surface area contributed by atoms with E-state index in [1.165, 1.54) is 103 Å². The van der Waals surface area contributed by atoms with E-state index in [1.807, 2.05) is 18.2 Å². The van der Waals surface area contributed by atoms with Gasteiger partial charge in [-0.1, -0.05) is 303 Å². The number of phosphoric ester groups is 2. The molecule has 0 aromatic carbocycles. The molecule has 19 heteroatoms. The molecule has 0 aromatic heterocycles. The van der Waals surface area contributed by atoms with Gasteiger partial charge in [-0.05, 0) is 116 Å². The Labute approximate surface area is 619 Å². The molecule has 5 unspecified atom stereocenters. The lowest BCUT2D eigenvalue weighted by molar-refractivity contribution is -0.161. The molecule has 17 nitrogen and oxygen atoms in total. The number of hydrogen-bond acceptors (Lipinski definition) is 15. The first-order valence-corrected chi connectivity index (χ1v) is 42.8. The van der Waals surface area contributed by atoms with Crippen LogP contribution in [0.4, 0.5) is 0 Å². The third kappa shape index (κ3) is 73.8. The van der Waals surface area contributed by atoms with Crippen molar-refractivity contribution in [2.75, 3.05) is 39.6 Å². The molecule has 0 bridgehead atoms. The predicted molar refractivity (Wildman–Crippen MR) is 418 cm³/mol. The van der Waals surface area contributed by atoms with Crippen molar-refractivity contribution in [3.8, 4) is 0 Å². The maximum absolute atomic E-state index is 13.1. The minimum Gasteiger partial charge on any atom is -0.462 e. The number of unbranched alkanes of at least 4 members (excludes halogenated alkanes) is 29. The zero-order chi connectivity index (χ0) is 74.6. The number of carbonyl (C=O) groups excluding carboxylic acids is 4. The largest absolute Gasteiger partial charge is 0.472 e. The summed E-state index contributed by atoms with van der Waals surface area (Å²) in [7, 11) is -9.99. The summed E-state index contributed by atoms with van der Waals surface area (Å²) in [5, 5.41) is 10.6. The van der Waals surface area contributed by atoms with Gasteiger partial charge in [0.05, 0.1) is 32.8 Å². The Balaban J connectivity index is 5.44. The number of phosphoric acid groups is 2. The Hall–Kier alpha value is -4.54. The molecule has 586 valence electrons. The second-order valence-electron chi connectivity index (χ2n) is 26.3. The van der Waals surface area contributed by atoms with Gasteiger partial charge in [0, 0.05) is 19.3 Å². The summed E-state index contributed by atoms with van der Waals surface area (Å²) in [6.07, 6.45) is 82.1. The molecular weight excluding hydrogens is 1330 g/mol. The van der Waals surface area contributed by atoms with E-state index in [4.69, 9.17) is 37.0 Å². The van der Waals surface area contributed by atoms with Gasteiger partial charge in [0.2, 0.25) is 0 Å². The van der Waals surface area contributed by atoms with Gasteiger partial charge >= 0.3 is 39.5 Å². The van der Waals surface area contributed by atoms with Crippen molar-refractivity contribution in [2.24, 2.45) is 0 Å². The van der Waals surface area contributed by atoms with Crippen LogP contribution in [-0.4, -0.2) is 96.7 Å². The standard InChI is InChI=1S/C83H142O17P2/c1-5-9-13-17-21-25-29-33-37-38-42-44-48-52-56-60-64-68-81(86)94-74-79(100-83(88)70-66-62-58-54-50-46-41-36-32-28-24-20-16-12-8-4)76-98-102(91,92)96-72-77(84)71-95-101(89,90)97-75-78(99-82(87)69-65-61-57-53-49-45-40-35-31-27-23-19-15-11-7-3)73-93-80(85)67-63-59-55-51-47-43-39-34-30-26-22-18-14-10-6-2/h9-10,13-14,21-22,25-26,33-35,37,39-40,42,44,47,51,59,63,77-79,84H,5-8,11-12,15-20,23-24,27-32,36,38,41,43,45-46,48-50,52-58,60-62,64-76H2,1-4H3,(H,89,90)(H,91,92)/b13-9-,14-10-,25-21-,26-22-,37-33-,39-34-,40-35-,44-42-,51-47-,63-59-. The van der Waals surface area contributed by atoms with Crippen molar-refractivity contribution in [3.05, 3.63) is 122 Å². The van der Waals surface area contributed by atoms with Crippen LogP contribution < -0.4 is 0 Å². The van der Waals surface area contributed by atoms with Gasteiger partial charge < -0.3 is 33.8 Å². The lowest BCUT2D eigenvalue weighted by Crippen LogP contribution is -2.30. The van der Waals surface area contributed by atoms with Crippen LogP contribution in [0.1, 0.15) is 323 Å². The molecule has 0 aliphatic heterocycles. The lowest BCUT2D eigenvalue weighted by Gasteiger charge is -2.21. The smallest absolute Gasteiger partial charge is 0.462 e. The van der Waals surface area contributed by atoms with Crippen LogP contribution >= 0.6 is 15.6 Å². The van der Waals surface area contributed by atoms with Crippen LogP contribution in [0.5, 0.6) is 0 Å². The van der Waals surface area contributed by atoms with E-state index in [1.54, 1.807) is 6.08 Å². The van der Waals surface area contributed by atoms with Crippen LogP contribution in [0.25, 0.3) is 0 Å². The van der Waals surface area contributed by atoms with Crippen molar-refractivity contribution in [3.63, 3.8) is 0 Å². The highest BCUT2D eigenvalue weighted by atomic mass is 31.2. The maximum Gasteiger partial charge on any atom is 0.472 e. The molecule has 0 aromatic rings. The van der Waals surface area contributed by atoms with E-state index in [9.17, 15) is 43.2 Å². The molecular formula is C83H142O17P2. The fourth-order valence-electron chi connectivity index (χ4n) is 10.5. The van der Waals surface area contributed by atoms with Gasteiger partial charge in [-0.2, -0.15) is 0 Å².